The monoisotopic (exact) mass is 383 g/mol. The molecule has 0 radical (unpaired) electrons. The number of alkyl halides is 3. The molecule has 0 saturated heterocycles. The number of hydrogen-bond donors (Lipinski definition) is 1. The van der Waals surface area contributed by atoms with E-state index in [0.29, 0.717) is 16.9 Å². The zero-order chi connectivity index (χ0) is 16.4. The van der Waals surface area contributed by atoms with Crippen LogP contribution in [0.2, 0.25) is 0 Å². The van der Waals surface area contributed by atoms with Gasteiger partial charge in [-0.15, -0.1) is 0 Å². The Morgan fingerprint density at radius 3 is 2.74 bits per heavy atom. The second-order valence-corrected chi connectivity index (χ2v) is 5.53. The lowest BCUT2D eigenvalue weighted by Crippen LogP contribution is -2.14. The van der Waals surface area contributed by atoms with Crippen LogP contribution >= 0.6 is 15.9 Å². The van der Waals surface area contributed by atoms with E-state index in [1.807, 2.05) is 0 Å². The average molecular weight is 384 g/mol. The zero-order valence-electron chi connectivity index (χ0n) is 11.5. The van der Waals surface area contributed by atoms with E-state index < -0.39 is 11.9 Å². The largest absolute Gasteiger partial charge is 0.433 e. The number of anilines is 1. The molecule has 0 aromatic carbocycles. The van der Waals surface area contributed by atoms with E-state index in [1.54, 1.807) is 12.3 Å². The molecule has 1 N–H and O–H groups in total. The summed E-state index contributed by atoms with van der Waals surface area (Å²) < 4.78 is 39.6. The fraction of sp³-hybridized carbons (Fsp3) is 0.143. The maximum atomic E-state index is 12.9. The number of nitrogens with zero attached hydrogens (tertiary/aromatic N) is 4. The second kappa shape index (κ2) is 6.07. The van der Waals surface area contributed by atoms with Gasteiger partial charge in [-0.05, 0) is 28.1 Å². The van der Waals surface area contributed by atoms with Gasteiger partial charge in [0.2, 0.25) is 0 Å². The molecule has 3 aromatic rings. The third-order valence-electron chi connectivity index (χ3n) is 3.06. The molecule has 0 unspecified atom stereocenters. The first kappa shape index (κ1) is 15.6. The number of fused-ring (bicyclic) bond motifs is 1. The average Bonchev–Trinajstić information content (AvgIpc) is 2.52. The van der Waals surface area contributed by atoms with Crippen LogP contribution in [0.4, 0.5) is 19.0 Å². The molecule has 23 heavy (non-hydrogen) atoms. The van der Waals surface area contributed by atoms with E-state index in [-0.39, 0.29) is 12.1 Å². The lowest BCUT2D eigenvalue weighted by Gasteiger charge is -2.13. The van der Waals surface area contributed by atoms with Crippen LogP contribution in [0.3, 0.4) is 0 Å². The van der Waals surface area contributed by atoms with Crippen molar-refractivity contribution in [1.29, 1.82) is 0 Å². The van der Waals surface area contributed by atoms with Gasteiger partial charge in [-0.25, -0.2) is 15.0 Å². The van der Waals surface area contributed by atoms with Crippen LogP contribution in [0.1, 0.15) is 11.3 Å². The number of aromatic nitrogens is 4. The van der Waals surface area contributed by atoms with Crippen LogP contribution in [0, 0.1) is 0 Å². The van der Waals surface area contributed by atoms with Crippen molar-refractivity contribution in [1.82, 2.24) is 19.9 Å². The predicted octanol–water partition coefficient (Wildman–Crippen LogP) is 3.81. The number of halogens is 4. The summed E-state index contributed by atoms with van der Waals surface area (Å²) >= 11 is 3.30. The van der Waals surface area contributed by atoms with Crippen LogP contribution in [0.25, 0.3) is 11.0 Å². The van der Waals surface area contributed by atoms with Crippen molar-refractivity contribution in [3.8, 4) is 0 Å². The Bertz CT molecular complexity index is 853. The minimum atomic E-state index is -4.50. The van der Waals surface area contributed by atoms with Crippen LogP contribution in [0.15, 0.2) is 41.4 Å². The first-order chi connectivity index (χ1) is 10.9. The predicted molar refractivity (Wildman–Crippen MR) is 81.6 cm³/mol. The molecule has 0 atom stereocenters. The highest BCUT2D eigenvalue weighted by Crippen LogP contribution is 2.30. The smallest absolute Gasteiger partial charge is 0.365 e. The second-order valence-electron chi connectivity index (χ2n) is 4.61. The van der Waals surface area contributed by atoms with E-state index in [4.69, 9.17) is 0 Å². The molecule has 0 amide bonds. The van der Waals surface area contributed by atoms with Gasteiger partial charge in [0.15, 0.2) is 5.65 Å². The summed E-state index contributed by atoms with van der Waals surface area (Å²) in [4.78, 5) is 15.6. The van der Waals surface area contributed by atoms with Gasteiger partial charge in [-0.2, -0.15) is 13.2 Å². The highest BCUT2D eigenvalue weighted by atomic mass is 79.9. The Morgan fingerprint density at radius 1 is 1.13 bits per heavy atom. The SMILES string of the molecule is FC(F)(F)c1ncccc1CNc1ncnc2ncc(Br)cc12. The number of pyridine rings is 2. The Morgan fingerprint density at radius 2 is 1.96 bits per heavy atom. The van der Waals surface area contributed by atoms with Crippen molar-refractivity contribution in [3.05, 3.63) is 52.7 Å². The molecule has 0 aliphatic carbocycles. The molecular weight excluding hydrogens is 375 g/mol. The first-order valence-corrected chi connectivity index (χ1v) is 7.25. The molecule has 118 valence electrons. The summed E-state index contributed by atoms with van der Waals surface area (Å²) in [6.07, 6.45) is -0.495. The Labute approximate surface area is 137 Å². The molecule has 0 aliphatic heterocycles. The van der Waals surface area contributed by atoms with Crippen LogP contribution < -0.4 is 5.32 Å². The highest BCUT2D eigenvalue weighted by Gasteiger charge is 2.34. The highest BCUT2D eigenvalue weighted by molar-refractivity contribution is 9.10. The molecule has 3 heterocycles. The lowest BCUT2D eigenvalue weighted by atomic mass is 10.2. The number of rotatable bonds is 3. The summed E-state index contributed by atoms with van der Waals surface area (Å²) in [5.41, 5.74) is -0.423. The fourth-order valence-corrected chi connectivity index (χ4v) is 2.41. The van der Waals surface area contributed by atoms with Gasteiger partial charge in [0.1, 0.15) is 17.8 Å². The van der Waals surface area contributed by atoms with Gasteiger partial charge in [0.05, 0.1) is 5.39 Å². The van der Waals surface area contributed by atoms with E-state index in [2.05, 4.69) is 41.2 Å². The van der Waals surface area contributed by atoms with E-state index in [9.17, 15) is 13.2 Å². The molecule has 0 aliphatic rings. The van der Waals surface area contributed by atoms with E-state index in [0.717, 1.165) is 10.7 Å². The van der Waals surface area contributed by atoms with E-state index in [1.165, 1.54) is 18.5 Å². The Balaban J connectivity index is 1.92. The third-order valence-corrected chi connectivity index (χ3v) is 3.50. The van der Waals surface area contributed by atoms with Gasteiger partial charge >= 0.3 is 6.18 Å². The standard InChI is InChI=1S/C14H9BrF3N5/c15-9-4-10-12(22-7-23-13(10)21-6-9)20-5-8-2-1-3-19-11(8)14(16,17)18/h1-4,6-7H,5H2,(H,20,21,22,23). The molecule has 5 nitrogen and oxygen atoms in total. The van der Waals surface area contributed by atoms with Crippen molar-refractivity contribution < 1.29 is 13.2 Å². The van der Waals surface area contributed by atoms with Gasteiger partial charge in [-0.1, -0.05) is 6.07 Å². The molecule has 3 rings (SSSR count). The van der Waals surface area contributed by atoms with Crippen molar-refractivity contribution in [2.45, 2.75) is 12.7 Å². The molecule has 0 saturated carbocycles. The van der Waals surface area contributed by atoms with Gasteiger partial charge < -0.3 is 5.32 Å². The van der Waals surface area contributed by atoms with Gasteiger partial charge in [0, 0.05) is 29.0 Å². The number of nitrogens with one attached hydrogen (secondary N) is 1. The fourth-order valence-electron chi connectivity index (χ4n) is 2.08. The quantitative estimate of drug-likeness (QED) is 0.744. The summed E-state index contributed by atoms with van der Waals surface area (Å²) in [5.74, 6) is 0.403. The van der Waals surface area contributed by atoms with Crippen molar-refractivity contribution >= 4 is 32.8 Å². The molecule has 0 fully saturated rings. The van der Waals surface area contributed by atoms with Crippen molar-refractivity contribution in [3.63, 3.8) is 0 Å². The molecular formula is C14H9BrF3N5. The molecule has 9 heteroatoms. The maximum absolute atomic E-state index is 12.9. The van der Waals surface area contributed by atoms with E-state index >= 15 is 0 Å². The maximum Gasteiger partial charge on any atom is 0.433 e. The Kier molecular flexibility index (Phi) is 4.12. The van der Waals surface area contributed by atoms with Crippen LogP contribution in [-0.4, -0.2) is 19.9 Å². The number of hydrogen-bond acceptors (Lipinski definition) is 5. The third kappa shape index (κ3) is 3.39. The molecule has 3 aromatic heterocycles. The minimum Gasteiger partial charge on any atom is -0.365 e. The zero-order valence-corrected chi connectivity index (χ0v) is 13.1. The Hall–Kier alpha value is -2.29. The van der Waals surface area contributed by atoms with Crippen LogP contribution in [0.5, 0.6) is 0 Å². The summed E-state index contributed by atoms with van der Waals surface area (Å²) in [6, 6.07) is 4.58. The van der Waals surface area contributed by atoms with Crippen molar-refractivity contribution in [2.75, 3.05) is 5.32 Å². The normalized spacial score (nSPS) is 11.7. The summed E-state index contributed by atoms with van der Waals surface area (Å²) in [5, 5.41) is 3.50. The molecule has 0 spiro atoms. The lowest BCUT2D eigenvalue weighted by molar-refractivity contribution is -0.141. The summed E-state index contributed by atoms with van der Waals surface area (Å²) in [6.45, 7) is -0.0681. The molecule has 0 bridgehead atoms. The first-order valence-electron chi connectivity index (χ1n) is 6.46. The van der Waals surface area contributed by atoms with Crippen LogP contribution in [-0.2, 0) is 12.7 Å². The van der Waals surface area contributed by atoms with Gasteiger partial charge in [0.25, 0.3) is 0 Å². The topological polar surface area (TPSA) is 63.6 Å². The summed E-state index contributed by atoms with van der Waals surface area (Å²) in [7, 11) is 0. The van der Waals surface area contributed by atoms with Crippen molar-refractivity contribution in [2.24, 2.45) is 0 Å². The van der Waals surface area contributed by atoms with Gasteiger partial charge in [-0.3, -0.25) is 4.98 Å². The minimum absolute atomic E-state index is 0.0368.